The standard InChI is InChI=1S/C23H22ClNO5S/c1-4-29-18-11-14(16(24)13-17(18)28-3)12-19-21(26)20(23(27)30-5-2)22(31-19)25-15-9-7-6-8-10-15/h6-13,26H,4-5H2,1-3H3/b19-12-,25-22?. The van der Waals surface area contributed by atoms with E-state index in [1.54, 1.807) is 25.1 Å². The number of ether oxygens (including phenoxy) is 3. The van der Waals surface area contributed by atoms with Gasteiger partial charge in [-0.3, -0.25) is 0 Å². The molecule has 0 unspecified atom stereocenters. The average Bonchev–Trinajstić information content (AvgIpc) is 3.06. The first-order valence-corrected chi connectivity index (χ1v) is 10.8. The fourth-order valence-electron chi connectivity index (χ4n) is 2.84. The third-order valence-corrected chi connectivity index (χ3v) is 5.57. The predicted molar refractivity (Wildman–Crippen MR) is 125 cm³/mol. The lowest BCUT2D eigenvalue weighted by atomic mass is 10.1. The lowest BCUT2D eigenvalue weighted by molar-refractivity contribution is -0.138. The molecular formula is C23H22ClNO5S. The molecule has 2 aromatic rings. The summed E-state index contributed by atoms with van der Waals surface area (Å²) in [4.78, 5) is 17.5. The molecule has 8 heteroatoms. The van der Waals surface area contributed by atoms with Gasteiger partial charge in [0.2, 0.25) is 0 Å². The quantitative estimate of drug-likeness (QED) is 0.516. The van der Waals surface area contributed by atoms with Crippen molar-refractivity contribution in [2.24, 2.45) is 4.99 Å². The first kappa shape index (κ1) is 22.8. The van der Waals surface area contributed by atoms with Crippen LogP contribution in [0.3, 0.4) is 0 Å². The van der Waals surface area contributed by atoms with E-state index in [1.165, 1.54) is 7.11 Å². The molecule has 1 aliphatic heterocycles. The number of para-hydroxylation sites is 1. The van der Waals surface area contributed by atoms with Crippen LogP contribution < -0.4 is 9.47 Å². The van der Waals surface area contributed by atoms with Gasteiger partial charge in [0.25, 0.3) is 0 Å². The predicted octanol–water partition coefficient (Wildman–Crippen LogP) is 5.94. The molecule has 0 aliphatic carbocycles. The first-order chi connectivity index (χ1) is 15.0. The van der Waals surface area contributed by atoms with Crippen LogP contribution in [-0.4, -0.2) is 36.4 Å². The van der Waals surface area contributed by atoms with Gasteiger partial charge in [0.15, 0.2) is 11.5 Å². The van der Waals surface area contributed by atoms with E-state index in [2.05, 4.69) is 4.99 Å². The summed E-state index contributed by atoms with van der Waals surface area (Å²) in [6, 6.07) is 12.5. The van der Waals surface area contributed by atoms with Gasteiger partial charge >= 0.3 is 5.97 Å². The number of methoxy groups -OCH3 is 1. The van der Waals surface area contributed by atoms with Crippen molar-refractivity contribution in [3.63, 3.8) is 0 Å². The lowest BCUT2D eigenvalue weighted by Crippen LogP contribution is -2.12. The Morgan fingerprint density at radius 2 is 1.90 bits per heavy atom. The molecule has 0 aromatic heterocycles. The van der Waals surface area contributed by atoms with E-state index in [0.29, 0.717) is 44.3 Å². The Bertz CT molecular complexity index is 1060. The van der Waals surface area contributed by atoms with Gasteiger partial charge in [-0.2, -0.15) is 0 Å². The van der Waals surface area contributed by atoms with Crippen LogP contribution >= 0.6 is 23.4 Å². The minimum absolute atomic E-state index is 0.0246. The normalized spacial score (nSPS) is 16.1. The van der Waals surface area contributed by atoms with Crippen molar-refractivity contribution in [1.82, 2.24) is 0 Å². The van der Waals surface area contributed by atoms with Gasteiger partial charge in [-0.15, -0.1) is 0 Å². The molecule has 0 bridgehead atoms. The summed E-state index contributed by atoms with van der Waals surface area (Å²) in [7, 11) is 1.53. The molecule has 1 N–H and O–H groups in total. The Morgan fingerprint density at radius 1 is 1.16 bits per heavy atom. The van der Waals surface area contributed by atoms with Crippen molar-refractivity contribution in [2.45, 2.75) is 13.8 Å². The van der Waals surface area contributed by atoms with Crippen LogP contribution in [0.15, 0.2) is 63.7 Å². The van der Waals surface area contributed by atoms with Gasteiger partial charge in [-0.1, -0.05) is 41.6 Å². The third kappa shape index (κ3) is 5.24. The summed E-state index contributed by atoms with van der Waals surface area (Å²) in [5.41, 5.74) is 1.28. The zero-order valence-electron chi connectivity index (χ0n) is 17.3. The molecule has 0 radical (unpaired) electrons. The molecule has 2 aromatic carbocycles. The molecule has 1 heterocycles. The van der Waals surface area contributed by atoms with Gasteiger partial charge in [0.05, 0.1) is 35.9 Å². The zero-order valence-corrected chi connectivity index (χ0v) is 18.9. The van der Waals surface area contributed by atoms with E-state index in [9.17, 15) is 9.90 Å². The molecule has 0 fully saturated rings. The summed E-state index contributed by atoms with van der Waals surface area (Å²) in [5.74, 6) is 0.187. The summed E-state index contributed by atoms with van der Waals surface area (Å²) in [5, 5.41) is 11.6. The summed E-state index contributed by atoms with van der Waals surface area (Å²) >= 11 is 7.58. The minimum Gasteiger partial charge on any atom is -0.506 e. The first-order valence-electron chi connectivity index (χ1n) is 9.63. The number of aliphatic imine (C=N–C) groups is 1. The molecule has 31 heavy (non-hydrogen) atoms. The Hall–Kier alpha value is -2.90. The number of hydrogen-bond acceptors (Lipinski definition) is 7. The summed E-state index contributed by atoms with van der Waals surface area (Å²) in [6.07, 6.45) is 1.68. The number of rotatable bonds is 7. The van der Waals surface area contributed by atoms with Gasteiger partial charge in [0, 0.05) is 6.07 Å². The Morgan fingerprint density at radius 3 is 2.55 bits per heavy atom. The average molecular weight is 460 g/mol. The lowest BCUT2D eigenvalue weighted by Gasteiger charge is -2.11. The minimum atomic E-state index is -0.638. The molecule has 0 saturated heterocycles. The van der Waals surface area contributed by atoms with Crippen molar-refractivity contribution >= 4 is 46.1 Å². The Labute approximate surface area is 190 Å². The number of carbonyl (C=O) groups is 1. The molecule has 0 saturated carbocycles. The number of carbonyl (C=O) groups excluding carboxylic acids is 1. The molecule has 162 valence electrons. The van der Waals surface area contributed by atoms with Crippen molar-refractivity contribution in [3.8, 4) is 11.5 Å². The van der Waals surface area contributed by atoms with Gasteiger partial charge in [0.1, 0.15) is 16.4 Å². The number of benzene rings is 2. The molecule has 6 nitrogen and oxygen atoms in total. The van der Waals surface area contributed by atoms with Crippen LogP contribution in [-0.2, 0) is 9.53 Å². The zero-order chi connectivity index (χ0) is 22.4. The van der Waals surface area contributed by atoms with Crippen molar-refractivity contribution in [1.29, 1.82) is 0 Å². The topological polar surface area (TPSA) is 77.4 Å². The number of hydrogen-bond donors (Lipinski definition) is 1. The highest BCUT2D eigenvalue weighted by atomic mass is 35.5. The largest absolute Gasteiger partial charge is 0.506 e. The Kier molecular flexibility index (Phi) is 7.65. The Balaban J connectivity index is 2.07. The monoisotopic (exact) mass is 459 g/mol. The van der Waals surface area contributed by atoms with Crippen LogP contribution in [0.5, 0.6) is 11.5 Å². The van der Waals surface area contributed by atoms with Gasteiger partial charge < -0.3 is 19.3 Å². The van der Waals surface area contributed by atoms with Crippen molar-refractivity contribution in [3.05, 3.63) is 69.3 Å². The smallest absolute Gasteiger partial charge is 0.344 e. The molecule has 0 spiro atoms. The molecule has 0 atom stereocenters. The van der Waals surface area contributed by atoms with Gasteiger partial charge in [-0.05, 0) is 43.7 Å². The van der Waals surface area contributed by atoms with E-state index < -0.39 is 5.97 Å². The van der Waals surface area contributed by atoms with E-state index in [4.69, 9.17) is 25.8 Å². The van der Waals surface area contributed by atoms with Crippen molar-refractivity contribution < 1.29 is 24.1 Å². The number of nitrogens with zero attached hydrogens (tertiary/aromatic N) is 1. The van der Waals surface area contributed by atoms with E-state index >= 15 is 0 Å². The SMILES string of the molecule is CCOC(=O)C1=C(O)/C(=C/c2cc(OCC)c(OC)cc2Cl)SC1=Nc1ccccc1. The highest BCUT2D eigenvalue weighted by molar-refractivity contribution is 8.18. The molecule has 0 amide bonds. The fraction of sp³-hybridized carbons (Fsp3) is 0.217. The van der Waals surface area contributed by atoms with Crippen LogP contribution in [0, 0.1) is 0 Å². The van der Waals surface area contributed by atoms with Crippen molar-refractivity contribution in [2.75, 3.05) is 20.3 Å². The van der Waals surface area contributed by atoms with E-state index in [0.717, 1.165) is 11.8 Å². The second-order valence-electron chi connectivity index (χ2n) is 6.26. The van der Waals surface area contributed by atoms with Crippen LogP contribution in [0.4, 0.5) is 5.69 Å². The number of halogens is 1. The maximum Gasteiger partial charge on any atom is 0.344 e. The van der Waals surface area contributed by atoms with E-state index in [1.807, 2.05) is 37.3 Å². The second kappa shape index (κ2) is 10.4. The molecular weight excluding hydrogens is 438 g/mol. The van der Waals surface area contributed by atoms with Crippen LogP contribution in [0.2, 0.25) is 5.02 Å². The van der Waals surface area contributed by atoms with Crippen LogP contribution in [0.1, 0.15) is 19.4 Å². The third-order valence-electron chi connectivity index (χ3n) is 4.23. The van der Waals surface area contributed by atoms with E-state index in [-0.39, 0.29) is 17.9 Å². The number of aliphatic hydroxyl groups is 1. The number of thioether (sulfide) groups is 1. The van der Waals surface area contributed by atoms with Crippen LogP contribution in [0.25, 0.3) is 6.08 Å². The number of aliphatic hydroxyl groups excluding tert-OH is 1. The second-order valence-corrected chi connectivity index (χ2v) is 7.70. The maximum atomic E-state index is 12.5. The summed E-state index contributed by atoms with van der Waals surface area (Å²) in [6.45, 7) is 4.20. The van der Waals surface area contributed by atoms with Gasteiger partial charge in [-0.25, -0.2) is 9.79 Å². The molecule has 1 aliphatic rings. The maximum absolute atomic E-state index is 12.5. The molecule has 3 rings (SSSR count). The highest BCUT2D eigenvalue weighted by Gasteiger charge is 2.33. The highest BCUT2D eigenvalue weighted by Crippen LogP contribution is 2.42. The fourth-order valence-corrected chi connectivity index (χ4v) is 4.08. The summed E-state index contributed by atoms with van der Waals surface area (Å²) < 4.78 is 16.1. The number of esters is 1.